The average Bonchev–Trinajstić information content (AvgIpc) is 1.60. The molecule has 30 heteroatoms. The van der Waals surface area contributed by atoms with Crippen LogP contribution >= 0.6 is 0 Å². The van der Waals surface area contributed by atoms with Crippen LogP contribution < -0.4 is 47.7 Å². The molecular weight excluding hydrogens is 1380 g/mol. The molecule has 9 aliphatic heterocycles. The van der Waals surface area contributed by atoms with E-state index in [0.717, 1.165) is 25.7 Å². The minimum Gasteiger partial charge on any atom is -0.493 e. The molecular formula is C76H94N8O22. The zero-order valence-electron chi connectivity index (χ0n) is 61.4. The Morgan fingerprint density at radius 1 is 0.462 bits per heavy atom. The Balaban J connectivity index is 0.000000213. The molecule has 0 saturated carbocycles. The largest absolute Gasteiger partial charge is 0.493 e. The zero-order chi connectivity index (χ0) is 74.9. The molecule has 5 saturated heterocycles. The highest BCUT2D eigenvalue weighted by atomic mass is 16.7. The fourth-order valence-electron chi connectivity index (χ4n) is 15.5. The Bertz CT molecular complexity index is 3870. The molecule has 570 valence electrons. The molecule has 0 radical (unpaired) electrons. The molecule has 9 heterocycles. The third-order valence-corrected chi connectivity index (χ3v) is 20.6. The summed E-state index contributed by atoms with van der Waals surface area (Å²) in [6.07, 6.45) is 8.06. The maximum Gasteiger partial charge on any atom is 0.416 e. The van der Waals surface area contributed by atoms with Crippen molar-refractivity contribution in [3.63, 3.8) is 0 Å². The van der Waals surface area contributed by atoms with Crippen molar-refractivity contribution >= 4 is 71.0 Å². The van der Waals surface area contributed by atoms with Gasteiger partial charge in [0.05, 0.1) is 150 Å². The number of rotatable bonds is 26. The van der Waals surface area contributed by atoms with Crippen molar-refractivity contribution < 1.29 is 105 Å². The van der Waals surface area contributed by atoms with E-state index in [4.69, 9.17) is 75.8 Å². The van der Waals surface area contributed by atoms with Crippen LogP contribution in [0.3, 0.4) is 0 Å². The molecule has 3 unspecified atom stereocenters. The van der Waals surface area contributed by atoms with Gasteiger partial charge in [0.15, 0.2) is 58.5 Å². The third kappa shape index (κ3) is 15.2. The maximum atomic E-state index is 14.5. The van der Waals surface area contributed by atoms with Crippen molar-refractivity contribution in [1.82, 2.24) is 19.6 Å². The molecule has 5 fully saturated rings. The van der Waals surface area contributed by atoms with Crippen molar-refractivity contribution in [3.8, 4) is 46.0 Å². The summed E-state index contributed by atoms with van der Waals surface area (Å²) in [6, 6.07) is 10.8. The number of methoxy groups -OCH3 is 8. The lowest BCUT2D eigenvalue weighted by atomic mass is 10.0. The maximum absolute atomic E-state index is 14.5. The van der Waals surface area contributed by atoms with Gasteiger partial charge in [-0.1, -0.05) is 25.3 Å². The van der Waals surface area contributed by atoms with Crippen LogP contribution in [0, 0.1) is 0 Å². The van der Waals surface area contributed by atoms with Gasteiger partial charge in [0.1, 0.15) is 19.3 Å². The van der Waals surface area contributed by atoms with Crippen molar-refractivity contribution in [2.75, 3.05) is 139 Å². The third-order valence-electron chi connectivity index (χ3n) is 20.6. The van der Waals surface area contributed by atoms with Crippen molar-refractivity contribution in [2.24, 2.45) is 9.98 Å². The second-order valence-corrected chi connectivity index (χ2v) is 26.4. The van der Waals surface area contributed by atoms with E-state index in [-0.39, 0.29) is 91.2 Å². The van der Waals surface area contributed by atoms with Gasteiger partial charge in [-0.2, -0.15) is 0 Å². The first-order valence-corrected chi connectivity index (χ1v) is 35.8. The number of benzene rings is 4. The van der Waals surface area contributed by atoms with E-state index in [2.05, 4.69) is 23.1 Å². The lowest BCUT2D eigenvalue weighted by Gasteiger charge is -2.39. The van der Waals surface area contributed by atoms with Gasteiger partial charge < -0.3 is 95.4 Å². The summed E-state index contributed by atoms with van der Waals surface area (Å²) in [6.45, 7) is 13.0. The van der Waals surface area contributed by atoms with Crippen LogP contribution in [-0.2, 0) is 37.9 Å². The minimum absolute atomic E-state index is 0.0181. The summed E-state index contributed by atoms with van der Waals surface area (Å²) in [5.41, 5.74) is 3.14. The topological polar surface area (TPSA) is 294 Å². The van der Waals surface area contributed by atoms with Gasteiger partial charge in [0, 0.05) is 95.9 Å². The predicted molar refractivity (Wildman–Crippen MR) is 386 cm³/mol. The molecule has 30 nitrogen and oxygen atoms in total. The molecule has 4 aromatic rings. The number of nitrogens with zero attached hydrogens (tertiary/aromatic N) is 8. The molecule has 4 aromatic carbocycles. The molecule has 0 bridgehead atoms. The number of carbonyl (C=O) groups is 6. The van der Waals surface area contributed by atoms with Gasteiger partial charge in [-0.25, -0.2) is 14.5 Å². The van der Waals surface area contributed by atoms with Crippen LogP contribution in [-0.4, -0.2) is 264 Å². The number of fused-ring (bicyclic) bond motifs is 8. The molecule has 0 N–H and O–H groups in total. The molecule has 0 aromatic heterocycles. The van der Waals surface area contributed by atoms with Crippen molar-refractivity contribution in [1.29, 1.82) is 0 Å². The van der Waals surface area contributed by atoms with E-state index < -0.39 is 55.0 Å². The summed E-state index contributed by atoms with van der Waals surface area (Å²) in [4.78, 5) is 102. The summed E-state index contributed by atoms with van der Waals surface area (Å²) in [5, 5.41) is 0. The summed E-state index contributed by atoms with van der Waals surface area (Å²) < 4.78 is 93.2. The first-order chi connectivity index (χ1) is 51.6. The second kappa shape index (κ2) is 34.2. The van der Waals surface area contributed by atoms with Crippen LogP contribution in [0.15, 0.2) is 83.8 Å². The van der Waals surface area contributed by atoms with Gasteiger partial charge in [-0.15, -0.1) is 0 Å². The summed E-state index contributed by atoms with van der Waals surface area (Å²) in [7, 11) is 12.1. The minimum atomic E-state index is -1.07. The van der Waals surface area contributed by atoms with E-state index in [1.165, 1.54) is 50.4 Å². The highest BCUT2D eigenvalue weighted by Crippen LogP contribution is 2.47. The smallest absolute Gasteiger partial charge is 0.416 e. The molecule has 6 amide bonds. The molecule has 9 aliphatic rings. The van der Waals surface area contributed by atoms with E-state index >= 15 is 0 Å². The molecule has 0 spiro atoms. The first-order valence-electron chi connectivity index (χ1n) is 35.8. The number of anilines is 2. The standard InChI is InChI=1S/C45H58N4O14.C31H36N4O8/c1-8-18-61-44(52)48-27(3)39-32(14-16-46(39)41(50)28-23-34(54-4)36(56-6)25-30(28)48)58-21-12-22-59-33-15-17-47-40(33)43(63-38-13-10-11-20-60-38)49(45(53)62-19-9-2)31-26-37(57-7)35(55-5)24-29(31)42(47)51;1-38-26-12-18-20(14-28(26)40-3)32-16-22-24(6-8-34(22)30(18)36)42-10-5-11-43-25-7-9-35-23(25)17-33-21-15-29(41-4)27(39-2)13-19(21)31(35)37/h8-9,23-27,32-33,38-40,43H,1-2,10-22H2,3-7H3;12-17,22-25H,5-11H2,1-4H3/t27?,32-,33-,38?,39+,40-,43?;22-,23-,24+,25+/m01/s1. The van der Waals surface area contributed by atoms with Crippen LogP contribution in [0.1, 0.15) is 106 Å². The van der Waals surface area contributed by atoms with Crippen LogP contribution in [0.2, 0.25) is 0 Å². The van der Waals surface area contributed by atoms with Crippen molar-refractivity contribution in [2.45, 2.75) is 132 Å². The fraction of sp³-hybridized carbons (Fsp3) is 0.526. The normalized spacial score (nSPS) is 24.6. The van der Waals surface area contributed by atoms with E-state index in [9.17, 15) is 28.8 Å². The Labute approximate surface area is 615 Å². The molecule has 106 heavy (non-hydrogen) atoms. The Morgan fingerprint density at radius 3 is 1.26 bits per heavy atom. The number of aliphatic imine (C=N–C) groups is 2. The van der Waals surface area contributed by atoms with Gasteiger partial charge in [-0.05, 0) is 89.0 Å². The van der Waals surface area contributed by atoms with Gasteiger partial charge >= 0.3 is 12.2 Å². The SMILES string of the molecule is C=CCOC(=O)N1c2cc(OC)c(OC)cc2C(=O)N2CC[C@H](OCCCO[C@H]3CCN4C(=O)c5cc(OC)c(OC)cc5N(C(=O)OCC=C)C(OC5CCCCO5)[C@H]34)[C@H]2C1C.COc1cc2c(cc1OC)C(=O)N1CC[C@H](OCCCO[C@H]3CCN4C(=O)c5cc(OC)c(OC)cc5N=C[C@H]34)[C@H]1C=N2. The first kappa shape index (κ1) is 75.9. The van der Waals surface area contributed by atoms with Crippen LogP contribution in [0.25, 0.3) is 0 Å². The number of hydrogen-bond donors (Lipinski definition) is 0. The number of amides is 6. The lowest BCUT2D eigenvalue weighted by molar-refractivity contribution is -0.201. The summed E-state index contributed by atoms with van der Waals surface area (Å²) in [5.74, 6) is 2.57. The van der Waals surface area contributed by atoms with Crippen LogP contribution in [0.5, 0.6) is 46.0 Å². The van der Waals surface area contributed by atoms with Gasteiger partial charge in [0.2, 0.25) is 0 Å². The Kier molecular flexibility index (Phi) is 24.5. The quantitative estimate of drug-likeness (QED) is 0.0418. The van der Waals surface area contributed by atoms with Crippen molar-refractivity contribution in [3.05, 3.63) is 96.1 Å². The molecule has 11 atom stereocenters. The second-order valence-electron chi connectivity index (χ2n) is 26.4. The van der Waals surface area contributed by atoms with Crippen LogP contribution in [0.4, 0.5) is 32.3 Å². The number of ether oxygens (including phenoxy) is 16. The highest BCUT2D eigenvalue weighted by Gasteiger charge is 2.54. The Morgan fingerprint density at radius 2 is 0.830 bits per heavy atom. The van der Waals surface area contributed by atoms with E-state index in [1.807, 2.05) is 6.92 Å². The molecule has 0 aliphatic carbocycles. The van der Waals surface area contributed by atoms with E-state index in [1.54, 1.807) is 109 Å². The molecule has 13 rings (SSSR count). The Hall–Kier alpha value is -9.72. The van der Waals surface area contributed by atoms with Gasteiger partial charge in [0.25, 0.3) is 23.6 Å². The van der Waals surface area contributed by atoms with Gasteiger partial charge in [-0.3, -0.25) is 34.1 Å². The fourth-order valence-corrected chi connectivity index (χ4v) is 15.5. The average molecular weight is 1470 g/mol. The number of carbonyl (C=O) groups excluding carboxylic acids is 6. The summed E-state index contributed by atoms with van der Waals surface area (Å²) >= 11 is 0. The zero-order valence-corrected chi connectivity index (χ0v) is 61.4. The lowest BCUT2D eigenvalue weighted by Crippen LogP contribution is -2.57. The highest BCUT2D eigenvalue weighted by molar-refractivity contribution is 6.08. The number of hydrogen-bond acceptors (Lipinski definition) is 24. The monoisotopic (exact) mass is 1470 g/mol. The predicted octanol–water partition coefficient (Wildman–Crippen LogP) is 9.00. The van der Waals surface area contributed by atoms with E-state index in [0.29, 0.717) is 152 Å².